The molecule has 0 saturated heterocycles. The van der Waals surface area contributed by atoms with Crippen LogP contribution in [0.15, 0.2) is 59.4 Å². The van der Waals surface area contributed by atoms with E-state index < -0.39 is 12.1 Å². The molecule has 0 bridgehead atoms. The first-order valence-electron chi connectivity index (χ1n) is 12.9. The van der Waals surface area contributed by atoms with E-state index in [0.717, 1.165) is 65.2 Å². The average Bonchev–Trinajstić information content (AvgIpc) is 2.87. The molecule has 1 aromatic heterocycles. The number of phenols is 1. The maximum absolute atomic E-state index is 11.5. The molecular weight excluding hydrogens is 472 g/mol. The van der Waals surface area contributed by atoms with Gasteiger partial charge in [0.05, 0.1) is 11.6 Å². The second-order valence-electron chi connectivity index (χ2n) is 8.99. The summed E-state index contributed by atoms with van der Waals surface area (Å²) in [5.41, 5.74) is 2.16. The molecule has 0 aliphatic carbocycles. The number of hydrogen-bond acceptors (Lipinski definition) is 6. The largest absolute Gasteiger partial charge is 0.506 e. The summed E-state index contributed by atoms with van der Waals surface area (Å²) in [6.07, 6.45) is 7.08. The molecule has 0 radical (unpaired) electrons. The van der Waals surface area contributed by atoms with Gasteiger partial charge in [-0.25, -0.2) is 0 Å². The molecule has 0 spiro atoms. The summed E-state index contributed by atoms with van der Waals surface area (Å²) in [5.74, 6) is -0.831. The number of benzene rings is 2. The van der Waals surface area contributed by atoms with Gasteiger partial charge in [0.2, 0.25) is 5.56 Å². The van der Waals surface area contributed by atoms with Crippen LogP contribution >= 0.6 is 0 Å². The number of phenolic OH excluding ortho intramolecular Hbond substituents is 1. The lowest BCUT2D eigenvalue weighted by Crippen LogP contribution is -2.22. The Balaban J connectivity index is 0.00000112. The number of aryl methyl sites for hydroxylation is 1. The van der Waals surface area contributed by atoms with Crippen LogP contribution in [0.5, 0.6) is 5.75 Å². The molecule has 1 atom stereocenters. The Kier molecular flexibility index (Phi) is 14.0. The Morgan fingerprint density at radius 2 is 1.62 bits per heavy atom. The monoisotopic (exact) mass is 512 g/mol. The van der Waals surface area contributed by atoms with E-state index in [-0.39, 0.29) is 11.3 Å². The average molecular weight is 513 g/mol. The summed E-state index contributed by atoms with van der Waals surface area (Å²) < 4.78 is 5.74. The third-order valence-corrected chi connectivity index (χ3v) is 5.84. The number of rotatable bonds is 15. The van der Waals surface area contributed by atoms with Crippen LogP contribution in [0.2, 0.25) is 0 Å². The molecule has 0 fully saturated rings. The number of aromatic hydroxyl groups is 1. The van der Waals surface area contributed by atoms with Crippen molar-refractivity contribution in [3.63, 3.8) is 0 Å². The van der Waals surface area contributed by atoms with E-state index in [1.165, 1.54) is 24.1 Å². The zero-order chi connectivity index (χ0) is 26.9. The van der Waals surface area contributed by atoms with Crippen LogP contribution in [0.3, 0.4) is 0 Å². The van der Waals surface area contributed by atoms with Crippen molar-refractivity contribution >= 4 is 16.9 Å². The number of carboxylic acid groups (broad SMARTS) is 1. The van der Waals surface area contributed by atoms with E-state index in [0.29, 0.717) is 23.0 Å². The Morgan fingerprint density at radius 3 is 2.35 bits per heavy atom. The lowest BCUT2D eigenvalue weighted by Gasteiger charge is -2.15. The third kappa shape index (κ3) is 12.1. The third-order valence-electron chi connectivity index (χ3n) is 5.84. The number of hydrogen-bond donors (Lipinski definition) is 5. The maximum Gasteiger partial charge on any atom is 0.300 e. The van der Waals surface area contributed by atoms with Crippen molar-refractivity contribution in [1.82, 2.24) is 10.3 Å². The second-order valence-corrected chi connectivity index (χ2v) is 8.99. The van der Waals surface area contributed by atoms with E-state index in [1.54, 1.807) is 12.1 Å². The predicted octanol–water partition coefficient (Wildman–Crippen LogP) is 4.55. The van der Waals surface area contributed by atoms with Crippen molar-refractivity contribution in [2.75, 3.05) is 26.3 Å². The number of nitrogens with one attached hydrogen (secondary N) is 2. The number of H-pyrrole nitrogens is 1. The topological polar surface area (TPSA) is 132 Å². The van der Waals surface area contributed by atoms with Gasteiger partial charge in [-0.3, -0.25) is 9.59 Å². The number of aliphatic hydroxyl groups excluding tert-OH is 1. The standard InChI is InChI=1S/C27H36N2O4.C2H4O2/c30-24-15-13-22(23-14-16-26(32)29-27(23)24)25(31)20-28-17-7-1-2-8-18-33-19-9-6-12-21-10-4-3-5-11-21;1-2(3)4/h3-5,10-11,13-16,25,28,30-31H,1-2,6-9,12,17-20H2,(H,29,32);1H3,(H,3,4)/t25-;/m0./s1. The molecule has 3 rings (SSSR count). The van der Waals surface area contributed by atoms with Gasteiger partial charge in [-0.1, -0.05) is 49.2 Å². The highest BCUT2D eigenvalue weighted by Crippen LogP contribution is 2.28. The number of unbranched alkanes of at least 4 members (excludes halogenated alkanes) is 4. The minimum Gasteiger partial charge on any atom is -0.506 e. The highest BCUT2D eigenvalue weighted by molar-refractivity contribution is 5.87. The number of aliphatic hydroxyl groups is 1. The van der Waals surface area contributed by atoms with Crippen LogP contribution in [0.25, 0.3) is 10.9 Å². The first kappa shape index (κ1) is 30.0. The Hall–Kier alpha value is -3.20. The smallest absolute Gasteiger partial charge is 0.300 e. The fraction of sp³-hybridized carbons (Fsp3) is 0.448. The molecule has 0 amide bonds. The summed E-state index contributed by atoms with van der Waals surface area (Å²) in [7, 11) is 0. The summed E-state index contributed by atoms with van der Waals surface area (Å²) in [6.45, 7) is 4.01. The quantitative estimate of drug-likeness (QED) is 0.189. The molecule has 1 heterocycles. The highest BCUT2D eigenvalue weighted by atomic mass is 16.5. The van der Waals surface area contributed by atoms with Gasteiger partial charge < -0.3 is 30.4 Å². The van der Waals surface area contributed by atoms with E-state index in [9.17, 15) is 15.0 Å². The Bertz CT molecular complexity index is 1110. The SMILES string of the molecule is CC(=O)O.O=c1ccc2c([C@@H](O)CNCCCCCCOCCCCc3ccccc3)ccc(O)c2[nH]1. The maximum atomic E-state index is 11.5. The number of carbonyl (C=O) groups is 1. The minimum atomic E-state index is -0.833. The predicted molar refractivity (Wildman–Crippen MR) is 146 cm³/mol. The van der Waals surface area contributed by atoms with Crippen molar-refractivity contribution < 1.29 is 24.9 Å². The molecule has 0 unspecified atom stereocenters. The molecular formula is C29H40N2O6. The number of carboxylic acids is 1. The normalized spacial score (nSPS) is 11.6. The van der Waals surface area contributed by atoms with E-state index in [4.69, 9.17) is 14.6 Å². The number of ether oxygens (including phenoxy) is 1. The van der Waals surface area contributed by atoms with Crippen molar-refractivity contribution in [1.29, 1.82) is 0 Å². The van der Waals surface area contributed by atoms with Gasteiger partial charge in [-0.2, -0.15) is 0 Å². The molecule has 8 heteroatoms. The number of aliphatic carboxylic acids is 1. The van der Waals surface area contributed by atoms with Gasteiger partial charge in [0, 0.05) is 38.1 Å². The summed E-state index contributed by atoms with van der Waals surface area (Å²) in [5, 5.41) is 31.9. The summed E-state index contributed by atoms with van der Waals surface area (Å²) >= 11 is 0. The first-order chi connectivity index (χ1) is 17.9. The molecule has 37 heavy (non-hydrogen) atoms. The fourth-order valence-corrected chi connectivity index (χ4v) is 3.99. The fourth-order valence-electron chi connectivity index (χ4n) is 3.99. The van der Waals surface area contributed by atoms with Gasteiger partial charge in [-0.05, 0) is 61.9 Å². The van der Waals surface area contributed by atoms with Crippen molar-refractivity contribution in [2.45, 2.75) is 58.0 Å². The number of pyridine rings is 1. The lowest BCUT2D eigenvalue weighted by molar-refractivity contribution is -0.134. The molecule has 0 aliphatic rings. The zero-order valence-electron chi connectivity index (χ0n) is 21.6. The first-order valence-corrected chi connectivity index (χ1v) is 12.9. The molecule has 8 nitrogen and oxygen atoms in total. The second kappa shape index (κ2) is 17.3. The molecule has 5 N–H and O–H groups in total. The van der Waals surface area contributed by atoms with E-state index in [1.807, 2.05) is 0 Å². The minimum absolute atomic E-state index is 0.00257. The van der Waals surface area contributed by atoms with Crippen LogP contribution in [0, 0.1) is 0 Å². The van der Waals surface area contributed by atoms with Crippen molar-refractivity contribution in [3.05, 3.63) is 76.1 Å². The van der Waals surface area contributed by atoms with Crippen molar-refractivity contribution in [2.24, 2.45) is 0 Å². The van der Waals surface area contributed by atoms with E-state index in [2.05, 4.69) is 40.6 Å². The Morgan fingerprint density at radius 1 is 0.946 bits per heavy atom. The van der Waals surface area contributed by atoms with Gasteiger partial charge >= 0.3 is 0 Å². The van der Waals surface area contributed by atoms with Gasteiger partial charge in [0.15, 0.2) is 0 Å². The molecule has 2 aromatic carbocycles. The van der Waals surface area contributed by atoms with Crippen molar-refractivity contribution in [3.8, 4) is 5.75 Å². The zero-order valence-corrected chi connectivity index (χ0v) is 21.6. The summed E-state index contributed by atoms with van der Waals surface area (Å²) in [6, 6.07) is 16.8. The van der Waals surface area contributed by atoms with Crippen LogP contribution in [0.4, 0.5) is 0 Å². The Labute approximate surface area is 218 Å². The van der Waals surface area contributed by atoms with Gasteiger partial charge in [-0.15, -0.1) is 0 Å². The van der Waals surface area contributed by atoms with Crippen LogP contribution in [-0.2, 0) is 16.0 Å². The van der Waals surface area contributed by atoms with Crippen LogP contribution < -0.4 is 10.9 Å². The van der Waals surface area contributed by atoms with Crippen LogP contribution in [-0.4, -0.2) is 52.6 Å². The van der Waals surface area contributed by atoms with Gasteiger partial charge in [0.1, 0.15) is 5.75 Å². The molecule has 0 saturated carbocycles. The highest BCUT2D eigenvalue weighted by Gasteiger charge is 2.13. The molecule has 0 aliphatic heterocycles. The lowest BCUT2D eigenvalue weighted by atomic mass is 10.0. The number of aromatic amines is 1. The number of fused-ring (bicyclic) bond motifs is 1. The van der Waals surface area contributed by atoms with Gasteiger partial charge in [0.25, 0.3) is 5.97 Å². The van der Waals surface area contributed by atoms with Crippen LogP contribution in [0.1, 0.15) is 62.7 Å². The molecule has 3 aromatic rings. The summed E-state index contributed by atoms with van der Waals surface area (Å²) in [4.78, 5) is 23.1. The van der Waals surface area contributed by atoms with E-state index >= 15 is 0 Å². The molecule has 202 valence electrons. The number of aromatic nitrogens is 1.